The summed E-state index contributed by atoms with van der Waals surface area (Å²) < 4.78 is 2.25. The molecule has 4 aromatic rings. The number of aromatic nitrogens is 4. The van der Waals surface area contributed by atoms with Gasteiger partial charge in [-0.3, -0.25) is 18.9 Å². The fraction of sp³-hybridized carbons (Fsp3) is 0.167. The molecule has 0 radical (unpaired) electrons. The number of nitrogens with zero attached hydrogens (tertiary/aromatic N) is 4. The zero-order valence-corrected chi connectivity index (χ0v) is 19.6. The number of carbonyl (C=O) groups excluding carboxylic acids is 2. The summed E-state index contributed by atoms with van der Waals surface area (Å²) in [5, 5.41) is 11.1. The zero-order chi connectivity index (χ0) is 25.7. The minimum atomic E-state index is -0.508. The molecule has 12 heteroatoms. The molecule has 12 nitrogen and oxygen atoms in total. The van der Waals surface area contributed by atoms with Crippen molar-refractivity contribution in [3.63, 3.8) is 0 Å². The largest absolute Gasteiger partial charge is 0.334 e. The summed E-state index contributed by atoms with van der Waals surface area (Å²) in [6, 6.07) is 11.3. The fourth-order valence-electron chi connectivity index (χ4n) is 3.51. The Hall–Kier alpha value is -5.00. The first kappa shape index (κ1) is 24.1. The molecular weight excluding hydrogens is 464 g/mol. The van der Waals surface area contributed by atoms with E-state index >= 15 is 0 Å². The second-order valence-electron chi connectivity index (χ2n) is 7.97. The topological polar surface area (TPSA) is 152 Å². The Morgan fingerprint density at radius 2 is 1.50 bits per heavy atom. The van der Waals surface area contributed by atoms with Gasteiger partial charge in [-0.2, -0.15) is 0 Å². The van der Waals surface area contributed by atoms with Crippen molar-refractivity contribution in [2.24, 2.45) is 14.1 Å². The van der Waals surface area contributed by atoms with Crippen molar-refractivity contribution in [3.05, 3.63) is 93.0 Å². The summed E-state index contributed by atoms with van der Waals surface area (Å²) >= 11 is 0. The van der Waals surface area contributed by atoms with Crippen LogP contribution in [0.3, 0.4) is 0 Å². The molecule has 1 aromatic carbocycles. The molecular formula is C24H24N8O4. The van der Waals surface area contributed by atoms with E-state index in [-0.39, 0.29) is 23.6 Å². The van der Waals surface area contributed by atoms with E-state index in [1.807, 2.05) is 18.2 Å². The van der Waals surface area contributed by atoms with Crippen LogP contribution in [0.25, 0.3) is 11.0 Å². The molecule has 184 valence electrons. The van der Waals surface area contributed by atoms with E-state index in [0.717, 1.165) is 15.7 Å². The van der Waals surface area contributed by atoms with Gasteiger partial charge in [-0.15, -0.1) is 0 Å². The Bertz CT molecular complexity index is 1550. The van der Waals surface area contributed by atoms with Crippen LogP contribution in [0.15, 0.2) is 70.6 Å². The van der Waals surface area contributed by atoms with Crippen LogP contribution >= 0.6 is 0 Å². The van der Waals surface area contributed by atoms with E-state index < -0.39 is 17.3 Å². The van der Waals surface area contributed by atoms with Crippen LogP contribution in [0.2, 0.25) is 0 Å². The third-order valence-corrected chi connectivity index (χ3v) is 5.39. The molecule has 0 aliphatic carbocycles. The number of amides is 4. The summed E-state index contributed by atoms with van der Waals surface area (Å²) in [5.41, 5.74) is 1.80. The average Bonchev–Trinajstić information content (AvgIpc) is 2.89. The van der Waals surface area contributed by atoms with Gasteiger partial charge in [-0.1, -0.05) is 12.1 Å². The van der Waals surface area contributed by atoms with E-state index in [4.69, 9.17) is 0 Å². The van der Waals surface area contributed by atoms with E-state index in [2.05, 4.69) is 31.2 Å². The highest BCUT2D eigenvalue weighted by Gasteiger charge is 2.11. The quantitative estimate of drug-likeness (QED) is 0.324. The maximum atomic E-state index is 12.4. The van der Waals surface area contributed by atoms with Crippen molar-refractivity contribution in [2.75, 3.05) is 10.6 Å². The Kier molecular flexibility index (Phi) is 7.04. The molecule has 0 aliphatic rings. The number of hydrogen-bond acceptors (Lipinski definition) is 6. The molecule has 4 amide bonds. The fourth-order valence-corrected chi connectivity index (χ4v) is 3.51. The van der Waals surface area contributed by atoms with Crippen molar-refractivity contribution in [1.82, 2.24) is 29.7 Å². The van der Waals surface area contributed by atoms with Crippen LogP contribution in [0.4, 0.5) is 21.0 Å². The summed E-state index contributed by atoms with van der Waals surface area (Å²) in [6.45, 7) is 0.555. The number of fused-ring (bicyclic) bond motifs is 1. The van der Waals surface area contributed by atoms with Crippen molar-refractivity contribution in [1.29, 1.82) is 0 Å². The van der Waals surface area contributed by atoms with E-state index in [1.165, 1.54) is 30.9 Å². The summed E-state index contributed by atoms with van der Waals surface area (Å²) in [7, 11) is 2.90. The molecule has 3 aromatic heterocycles. The number of anilines is 2. The van der Waals surface area contributed by atoms with Crippen LogP contribution in [0, 0.1) is 0 Å². The molecule has 0 spiro atoms. The van der Waals surface area contributed by atoms with Crippen molar-refractivity contribution in [3.8, 4) is 0 Å². The summed E-state index contributed by atoms with van der Waals surface area (Å²) in [5.74, 6) is 0. The number of pyridine rings is 2. The van der Waals surface area contributed by atoms with E-state index in [9.17, 15) is 19.2 Å². The Morgan fingerprint density at radius 3 is 2.22 bits per heavy atom. The maximum Gasteiger partial charge on any atom is 0.332 e. The van der Waals surface area contributed by atoms with E-state index in [1.54, 1.807) is 30.6 Å². The molecule has 4 N–H and O–H groups in total. The Labute approximate surface area is 205 Å². The lowest BCUT2D eigenvalue weighted by Gasteiger charge is -2.11. The number of aryl methyl sites for hydroxylation is 1. The van der Waals surface area contributed by atoms with Gasteiger partial charge in [0.1, 0.15) is 5.65 Å². The minimum Gasteiger partial charge on any atom is -0.334 e. The van der Waals surface area contributed by atoms with Gasteiger partial charge in [-0.05, 0) is 41.5 Å². The molecule has 4 rings (SSSR count). The van der Waals surface area contributed by atoms with Crippen molar-refractivity contribution < 1.29 is 9.59 Å². The third-order valence-electron chi connectivity index (χ3n) is 5.39. The van der Waals surface area contributed by atoms with Gasteiger partial charge >= 0.3 is 17.8 Å². The molecule has 36 heavy (non-hydrogen) atoms. The SMILES string of the molecule is Cn1c(=O)c2cc(NC(=O)NCc3cccc(NC(=O)NCc4ccncc4)c3)cnc2n(C)c1=O. The monoisotopic (exact) mass is 488 g/mol. The first-order valence-electron chi connectivity index (χ1n) is 10.9. The normalized spacial score (nSPS) is 10.6. The van der Waals surface area contributed by atoms with Gasteiger partial charge in [0.2, 0.25) is 0 Å². The molecule has 3 heterocycles. The van der Waals surface area contributed by atoms with Gasteiger partial charge in [-0.25, -0.2) is 19.4 Å². The smallest absolute Gasteiger partial charge is 0.332 e. The highest BCUT2D eigenvalue weighted by Crippen LogP contribution is 2.13. The van der Waals surface area contributed by atoms with Crippen molar-refractivity contribution in [2.45, 2.75) is 13.1 Å². The van der Waals surface area contributed by atoms with Crippen molar-refractivity contribution >= 4 is 34.5 Å². The first-order chi connectivity index (χ1) is 17.3. The van der Waals surface area contributed by atoms with Crippen LogP contribution in [0.1, 0.15) is 11.1 Å². The number of rotatable bonds is 6. The van der Waals surface area contributed by atoms with Gasteiger partial charge < -0.3 is 21.3 Å². The van der Waals surface area contributed by atoms with Crippen LogP contribution < -0.4 is 32.5 Å². The number of urea groups is 2. The molecule has 0 fully saturated rings. The van der Waals surface area contributed by atoms with Crippen LogP contribution in [-0.2, 0) is 27.2 Å². The van der Waals surface area contributed by atoms with Gasteiger partial charge in [0.25, 0.3) is 5.56 Å². The van der Waals surface area contributed by atoms with Gasteiger partial charge in [0.15, 0.2) is 0 Å². The highest BCUT2D eigenvalue weighted by molar-refractivity contribution is 5.91. The molecule has 0 bridgehead atoms. The van der Waals surface area contributed by atoms with E-state index in [0.29, 0.717) is 17.9 Å². The zero-order valence-electron chi connectivity index (χ0n) is 19.6. The Balaban J connectivity index is 1.34. The lowest BCUT2D eigenvalue weighted by atomic mass is 10.2. The number of benzene rings is 1. The van der Waals surface area contributed by atoms with Gasteiger partial charge in [0, 0.05) is 45.3 Å². The average molecular weight is 489 g/mol. The highest BCUT2D eigenvalue weighted by atomic mass is 16.2. The second kappa shape index (κ2) is 10.5. The van der Waals surface area contributed by atoms with Crippen LogP contribution in [-0.4, -0.2) is 31.2 Å². The summed E-state index contributed by atoms with van der Waals surface area (Å²) in [6.07, 6.45) is 4.68. The maximum absolute atomic E-state index is 12.4. The molecule has 0 saturated carbocycles. The number of nitrogens with one attached hydrogen (secondary N) is 4. The lowest BCUT2D eigenvalue weighted by Crippen LogP contribution is -2.37. The van der Waals surface area contributed by atoms with Crippen LogP contribution in [0.5, 0.6) is 0 Å². The molecule has 0 unspecified atom stereocenters. The predicted molar refractivity (Wildman–Crippen MR) is 135 cm³/mol. The number of carbonyl (C=O) groups is 2. The lowest BCUT2D eigenvalue weighted by molar-refractivity contribution is 0.251. The summed E-state index contributed by atoms with van der Waals surface area (Å²) in [4.78, 5) is 57.1. The second-order valence-corrected chi connectivity index (χ2v) is 7.97. The van der Waals surface area contributed by atoms with Gasteiger partial charge in [0.05, 0.1) is 17.3 Å². The number of hydrogen-bond donors (Lipinski definition) is 4. The molecule has 0 saturated heterocycles. The Morgan fingerprint density at radius 1 is 0.833 bits per heavy atom. The molecule has 0 atom stereocenters. The minimum absolute atomic E-state index is 0.192. The molecule has 0 aliphatic heterocycles. The standard InChI is InChI=1S/C24H24N8O4/c1-31-20-19(21(33)32(2)24(31)36)11-18(14-26-20)30-23(35)28-13-16-4-3-5-17(10-16)29-22(34)27-12-15-6-8-25-9-7-15/h3-11,14H,12-13H2,1-2H3,(H2,27,29,34)(H2,28,30,35). The third kappa shape index (κ3) is 5.55. The predicted octanol–water partition coefficient (Wildman–Crippen LogP) is 1.67. The first-order valence-corrected chi connectivity index (χ1v) is 10.9.